The van der Waals surface area contributed by atoms with Gasteiger partial charge in [-0.05, 0) is 11.5 Å². The van der Waals surface area contributed by atoms with Gasteiger partial charge < -0.3 is 10.6 Å². The van der Waals surface area contributed by atoms with Gasteiger partial charge in [0, 0.05) is 19.8 Å². The van der Waals surface area contributed by atoms with E-state index in [9.17, 15) is 4.79 Å². The highest BCUT2D eigenvalue weighted by Gasteiger charge is 2.19. The first-order valence-electron chi connectivity index (χ1n) is 5.37. The zero-order valence-electron chi connectivity index (χ0n) is 10.6. The summed E-state index contributed by atoms with van der Waals surface area (Å²) in [5.74, 6) is 0.135. The van der Waals surface area contributed by atoms with E-state index in [4.69, 9.17) is 17.3 Å². The Hall–Kier alpha value is -1.29. The van der Waals surface area contributed by atoms with E-state index in [1.807, 2.05) is 0 Å². The Labute approximate surface area is 107 Å². The smallest absolute Gasteiger partial charge is 0.255 e. The Morgan fingerprint density at radius 3 is 2.59 bits per heavy atom. The molecular formula is C12H18ClN3O. The molecule has 0 bridgehead atoms. The summed E-state index contributed by atoms with van der Waals surface area (Å²) in [6.07, 6.45) is 1.45. The molecule has 1 amide bonds. The molecule has 1 aromatic heterocycles. The standard InChI is InChI=1S/C12H18ClN3O/c1-12(2,3)7-16(4)11(17)8-5-9(13)10(14)15-6-8/h5-6H,7H2,1-4H3,(H2,14,15). The van der Waals surface area contributed by atoms with Gasteiger partial charge in [-0.2, -0.15) is 0 Å². The van der Waals surface area contributed by atoms with E-state index < -0.39 is 0 Å². The van der Waals surface area contributed by atoms with Crippen molar-refractivity contribution in [3.8, 4) is 0 Å². The molecule has 4 nitrogen and oxygen atoms in total. The molecule has 0 aliphatic carbocycles. The van der Waals surface area contributed by atoms with Crippen molar-refractivity contribution in [3.05, 3.63) is 22.8 Å². The van der Waals surface area contributed by atoms with Crippen LogP contribution in [-0.2, 0) is 0 Å². The summed E-state index contributed by atoms with van der Waals surface area (Å²) in [6, 6.07) is 1.55. The van der Waals surface area contributed by atoms with Crippen LogP contribution in [0.1, 0.15) is 31.1 Å². The highest BCUT2D eigenvalue weighted by Crippen LogP contribution is 2.19. The summed E-state index contributed by atoms with van der Waals surface area (Å²) in [7, 11) is 1.76. The fraction of sp³-hybridized carbons (Fsp3) is 0.500. The van der Waals surface area contributed by atoms with Crippen LogP contribution in [0.15, 0.2) is 12.3 Å². The maximum atomic E-state index is 12.1. The van der Waals surface area contributed by atoms with Crippen LogP contribution in [0.25, 0.3) is 0 Å². The van der Waals surface area contributed by atoms with Gasteiger partial charge in [0.15, 0.2) is 0 Å². The fourth-order valence-corrected chi connectivity index (χ4v) is 1.74. The molecule has 0 aliphatic rings. The second-order valence-corrected chi connectivity index (χ2v) is 5.72. The molecule has 1 heterocycles. The minimum atomic E-state index is -0.102. The number of hydrogen-bond donors (Lipinski definition) is 1. The molecule has 0 saturated carbocycles. The lowest BCUT2D eigenvalue weighted by Crippen LogP contribution is -2.34. The van der Waals surface area contributed by atoms with Crippen molar-refractivity contribution < 1.29 is 4.79 Å². The number of hydrogen-bond acceptors (Lipinski definition) is 3. The van der Waals surface area contributed by atoms with Gasteiger partial charge in [0.2, 0.25) is 0 Å². The van der Waals surface area contributed by atoms with Crippen LogP contribution in [0, 0.1) is 5.41 Å². The van der Waals surface area contributed by atoms with Gasteiger partial charge in [0.1, 0.15) is 5.82 Å². The van der Waals surface area contributed by atoms with Crippen LogP contribution < -0.4 is 5.73 Å². The third kappa shape index (κ3) is 3.89. The lowest BCUT2D eigenvalue weighted by molar-refractivity contribution is 0.0745. The van der Waals surface area contributed by atoms with E-state index in [0.29, 0.717) is 17.1 Å². The Balaban J connectivity index is 2.85. The number of carbonyl (C=O) groups is 1. The van der Waals surface area contributed by atoms with Gasteiger partial charge in [0.05, 0.1) is 10.6 Å². The van der Waals surface area contributed by atoms with E-state index in [-0.39, 0.29) is 17.1 Å². The molecular weight excluding hydrogens is 238 g/mol. The second kappa shape index (κ2) is 4.92. The number of anilines is 1. The van der Waals surface area contributed by atoms with Crippen molar-refractivity contribution in [3.63, 3.8) is 0 Å². The minimum Gasteiger partial charge on any atom is -0.382 e. The minimum absolute atomic E-state index is 0.0510. The maximum Gasteiger partial charge on any atom is 0.255 e. The molecule has 0 spiro atoms. The van der Waals surface area contributed by atoms with Crippen molar-refractivity contribution in [2.24, 2.45) is 5.41 Å². The predicted octanol–water partition coefficient (Wildman–Crippen LogP) is 2.44. The van der Waals surface area contributed by atoms with Crippen LogP contribution in [0.3, 0.4) is 0 Å². The van der Waals surface area contributed by atoms with E-state index >= 15 is 0 Å². The van der Waals surface area contributed by atoms with E-state index in [2.05, 4.69) is 25.8 Å². The monoisotopic (exact) mass is 255 g/mol. The lowest BCUT2D eigenvalue weighted by Gasteiger charge is -2.26. The molecule has 0 unspecified atom stereocenters. The largest absolute Gasteiger partial charge is 0.382 e. The van der Waals surface area contributed by atoms with Gasteiger partial charge in [-0.3, -0.25) is 4.79 Å². The highest BCUT2D eigenvalue weighted by molar-refractivity contribution is 6.33. The predicted molar refractivity (Wildman–Crippen MR) is 70.1 cm³/mol. The summed E-state index contributed by atoms with van der Waals surface area (Å²) in [6.45, 7) is 6.88. The molecule has 0 aliphatic heterocycles. The number of pyridine rings is 1. The highest BCUT2D eigenvalue weighted by atomic mass is 35.5. The molecule has 94 valence electrons. The van der Waals surface area contributed by atoms with Crippen LogP contribution in [0.2, 0.25) is 5.02 Å². The van der Waals surface area contributed by atoms with Crippen molar-refractivity contribution in [2.45, 2.75) is 20.8 Å². The van der Waals surface area contributed by atoms with E-state index in [0.717, 1.165) is 0 Å². The lowest BCUT2D eigenvalue weighted by atomic mass is 9.96. The molecule has 0 aromatic carbocycles. The molecule has 0 fully saturated rings. The molecule has 0 radical (unpaired) electrons. The van der Waals surface area contributed by atoms with Crippen molar-refractivity contribution >= 4 is 23.3 Å². The molecule has 0 atom stereocenters. The number of amides is 1. The number of carbonyl (C=O) groups excluding carboxylic acids is 1. The molecule has 1 aromatic rings. The number of nitrogen functional groups attached to an aromatic ring is 1. The van der Waals surface area contributed by atoms with E-state index in [1.54, 1.807) is 18.0 Å². The van der Waals surface area contributed by atoms with E-state index in [1.165, 1.54) is 6.20 Å². The summed E-state index contributed by atoms with van der Waals surface area (Å²) >= 11 is 5.84. The molecule has 0 saturated heterocycles. The number of rotatable bonds is 2. The maximum absolute atomic E-state index is 12.1. The van der Waals surface area contributed by atoms with Gasteiger partial charge in [-0.25, -0.2) is 4.98 Å². The van der Waals surface area contributed by atoms with Crippen molar-refractivity contribution in [2.75, 3.05) is 19.3 Å². The van der Waals surface area contributed by atoms with Crippen LogP contribution in [0.5, 0.6) is 0 Å². The molecule has 2 N–H and O–H groups in total. The third-order valence-corrected chi connectivity index (χ3v) is 2.48. The summed E-state index contributed by atoms with van der Waals surface area (Å²) in [5.41, 5.74) is 6.00. The number of aromatic nitrogens is 1. The van der Waals surface area contributed by atoms with Crippen LogP contribution in [-0.4, -0.2) is 29.4 Å². The Bertz CT molecular complexity index is 426. The Morgan fingerprint density at radius 2 is 2.12 bits per heavy atom. The quantitative estimate of drug-likeness (QED) is 0.883. The fourth-order valence-electron chi connectivity index (χ4n) is 1.57. The van der Waals surface area contributed by atoms with Crippen molar-refractivity contribution in [1.82, 2.24) is 9.88 Å². The summed E-state index contributed by atoms with van der Waals surface area (Å²) in [4.78, 5) is 17.6. The van der Waals surface area contributed by atoms with Crippen LogP contribution >= 0.6 is 11.6 Å². The summed E-state index contributed by atoms with van der Waals surface area (Å²) < 4.78 is 0. The average molecular weight is 256 g/mol. The second-order valence-electron chi connectivity index (χ2n) is 5.31. The van der Waals surface area contributed by atoms with Crippen molar-refractivity contribution in [1.29, 1.82) is 0 Å². The van der Waals surface area contributed by atoms with Gasteiger partial charge in [-0.15, -0.1) is 0 Å². The normalized spacial score (nSPS) is 11.4. The average Bonchev–Trinajstić information content (AvgIpc) is 2.18. The Kier molecular flexibility index (Phi) is 3.98. The van der Waals surface area contributed by atoms with Gasteiger partial charge >= 0.3 is 0 Å². The first-order chi connectivity index (χ1) is 7.70. The summed E-state index contributed by atoms with van der Waals surface area (Å²) in [5, 5.41) is 0.306. The molecule has 17 heavy (non-hydrogen) atoms. The number of nitrogens with two attached hydrogens (primary N) is 1. The number of nitrogens with zero attached hydrogens (tertiary/aromatic N) is 2. The van der Waals surface area contributed by atoms with Crippen LogP contribution in [0.4, 0.5) is 5.82 Å². The first-order valence-corrected chi connectivity index (χ1v) is 5.75. The Morgan fingerprint density at radius 1 is 1.53 bits per heavy atom. The zero-order chi connectivity index (χ0) is 13.2. The third-order valence-electron chi connectivity index (χ3n) is 2.17. The van der Waals surface area contributed by atoms with Gasteiger partial charge in [-0.1, -0.05) is 32.4 Å². The zero-order valence-corrected chi connectivity index (χ0v) is 11.4. The molecule has 1 rings (SSSR count). The SMILES string of the molecule is CN(CC(C)(C)C)C(=O)c1cnc(N)c(Cl)c1. The van der Waals surface area contributed by atoms with Gasteiger partial charge in [0.25, 0.3) is 5.91 Å². The number of halogens is 1. The first kappa shape index (κ1) is 13.8. The topological polar surface area (TPSA) is 59.2 Å². The molecule has 5 heteroatoms.